The van der Waals surface area contributed by atoms with Gasteiger partial charge in [0.1, 0.15) is 0 Å². The van der Waals surface area contributed by atoms with Crippen molar-refractivity contribution in [3.8, 4) is 5.69 Å². The van der Waals surface area contributed by atoms with Crippen LogP contribution in [0.25, 0.3) is 27.5 Å². The third-order valence-electron chi connectivity index (χ3n) is 3.81. The Hall–Kier alpha value is -2.01. The van der Waals surface area contributed by atoms with Gasteiger partial charge in [0.2, 0.25) is 0 Å². The number of nitrogens with two attached hydrogens (primary N) is 1. The first-order chi connectivity index (χ1) is 10.3. The Balaban J connectivity index is 2.31. The summed E-state index contributed by atoms with van der Waals surface area (Å²) in [6.45, 7) is 0. The molecule has 2 N–H and O–H groups in total. The van der Waals surface area contributed by atoms with E-state index in [1.54, 1.807) is 0 Å². The number of hydrogen-bond donors (Lipinski definition) is 1. The van der Waals surface area contributed by atoms with Crippen LogP contribution in [0.1, 0.15) is 0 Å². The van der Waals surface area contributed by atoms with E-state index in [9.17, 15) is 0 Å². The lowest BCUT2D eigenvalue weighted by Gasteiger charge is -2.09. The molecule has 4 aromatic rings. The summed E-state index contributed by atoms with van der Waals surface area (Å²) in [5.41, 5.74) is 10.5. The Morgan fingerprint density at radius 2 is 1.38 bits per heavy atom. The quantitative estimate of drug-likeness (QED) is 0.365. The van der Waals surface area contributed by atoms with Gasteiger partial charge in [0.15, 0.2) is 0 Å². The molecule has 0 amide bonds. The van der Waals surface area contributed by atoms with Crippen LogP contribution in [0.4, 0.5) is 5.69 Å². The number of hydrogen-bond acceptors (Lipinski definition) is 1. The molecule has 2 nitrogen and oxygen atoms in total. The van der Waals surface area contributed by atoms with Gasteiger partial charge in [0, 0.05) is 20.0 Å². The van der Waals surface area contributed by atoms with E-state index in [1.807, 2.05) is 18.2 Å². The average Bonchev–Trinajstić information content (AvgIpc) is 2.86. The van der Waals surface area contributed by atoms with Crippen LogP contribution in [-0.4, -0.2) is 4.57 Å². The zero-order valence-electron chi connectivity index (χ0n) is 11.3. The molecule has 0 spiro atoms. The highest BCUT2D eigenvalue weighted by Crippen LogP contribution is 2.36. The van der Waals surface area contributed by atoms with Crippen LogP contribution >= 0.6 is 22.6 Å². The van der Waals surface area contributed by atoms with E-state index in [1.165, 1.54) is 19.9 Å². The highest BCUT2D eigenvalue weighted by molar-refractivity contribution is 14.1. The van der Waals surface area contributed by atoms with Crippen molar-refractivity contribution in [1.29, 1.82) is 0 Å². The summed E-state index contributed by atoms with van der Waals surface area (Å²) >= 11 is 2.40. The van der Waals surface area contributed by atoms with E-state index in [0.29, 0.717) is 0 Å². The number of para-hydroxylation sites is 3. The van der Waals surface area contributed by atoms with Crippen molar-refractivity contribution in [2.75, 3.05) is 5.73 Å². The molecule has 0 aliphatic heterocycles. The summed E-state index contributed by atoms with van der Waals surface area (Å²) in [4.78, 5) is 0. The number of nitrogen functional groups attached to an aromatic ring is 1. The number of nitrogens with zero attached hydrogens (tertiary/aromatic N) is 1. The average molecular weight is 384 g/mol. The minimum Gasteiger partial charge on any atom is -0.397 e. The molecule has 4 rings (SSSR count). The standard InChI is InChI=1S/C18H13IN2/c19-15-10-4-8-13-14-9-5-11-16(20)18(14)21(17(13)15)12-6-2-1-3-7-12/h1-11H,20H2. The predicted molar refractivity (Wildman–Crippen MR) is 97.9 cm³/mol. The van der Waals surface area contributed by atoms with Gasteiger partial charge < -0.3 is 10.3 Å². The zero-order chi connectivity index (χ0) is 14.4. The first kappa shape index (κ1) is 12.7. The van der Waals surface area contributed by atoms with Gasteiger partial charge in [-0.25, -0.2) is 0 Å². The van der Waals surface area contributed by atoms with Crippen LogP contribution < -0.4 is 5.73 Å². The van der Waals surface area contributed by atoms with Gasteiger partial charge in [-0.15, -0.1) is 0 Å². The lowest BCUT2D eigenvalue weighted by atomic mass is 10.1. The second-order valence-electron chi connectivity index (χ2n) is 5.05. The van der Waals surface area contributed by atoms with Crippen LogP contribution in [0.5, 0.6) is 0 Å². The van der Waals surface area contributed by atoms with Crippen LogP contribution in [0.15, 0.2) is 66.7 Å². The van der Waals surface area contributed by atoms with Crippen LogP contribution in [0.2, 0.25) is 0 Å². The number of rotatable bonds is 1. The second-order valence-corrected chi connectivity index (χ2v) is 6.21. The van der Waals surface area contributed by atoms with Crippen LogP contribution in [-0.2, 0) is 0 Å². The maximum Gasteiger partial charge on any atom is 0.0771 e. The molecule has 1 heterocycles. The summed E-state index contributed by atoms with van der Waals surface area (Å²) in [7, 11) is 0. The van der Waals surface area contributed by atoms with Gasteiger partial charge in [-0.3, -0.25) is 0 Å². The molecule has 0 bridgehead atoms. The number of fused-ring (bicyclic) bond motifs is 3. The van der Waals surface area contributed by atoms with Gasteiger partial charge in [-0.1, -0.05) is 42.5 Å². The Kier molecular flexibility index (Phi) is 2.89. The predicted octanol–water partition coefficient (Wildman–Crippen LogP) is 4.97. The lowest BCUT2D eigenvalue weighted by molar-refractivity contribution is 1.18. The van der Waals surface area contributed by atoms with Crippen LogP contribution in [0.3, 0.4) is 0 Å². The summed E-state index contributed by atoms with van der Waals surface area (Å²) < 4.78 is 3.49. The molecule has 3 heteroatoms. The largest absolute Gasteiger partial charge is 0.397 e. The van der Waals surface area contributed by atoms with Crippen molar-refractivity contribution in [3.63, 3.8) is 0 Å². The van der Waals surface area contributed by atoms with Crippen molar-refractivity contribution in [2.24, 2.45) is 0 Å². The first-order valence-corrected chi connectivity index (χ1v) is 7.88. The number of halogens is 1. The van der Waals surface area contributed by atoms with Crippen molar-refractivity contribution < 1.29 is 0 Å². The molecule has 1 aromatic heterocycles. The molecule has 0 saturated heterocycles. The Morgan fingerprint density at radius 3 is 2.14 bits per heavy atom. The number of anilines is 1. The highest BCUT2D eigenvalue weighted by atomic mass is 127. The van der Waals surface area contributed by atoms with Crippen molar-refractivity contribution in [3.05, 3.63) is 70.3 Å². The van der Waals surface area contributed by atoms with Gasteiger partial charge in [0.25, 0.3) is 0 Å². The minimum atomic E-state index is 0.809. The maximum absolute atomic E-state index is 6.29. The van der Waals surface area contributed by atoms with Gasteiger partial charge >= 0.3 is 0 Å². The van der Waals surface area contributed by atoms with E-state index in [4.69, 9.17) is 5.73 Å². The molecule has 0 aliphatic rings. The molecule has 0 fully saturated rings. The number of benzene rings is 3. The molecule has 102 valence electrons. The lowest BCUT2D eigenvalue weighted by Crippen LogP contribution is -1.97. The Labute approximate surface area is 136 Å². The molecular weight excluding hydrogens is 371 g/mol. The highest BCUT2D eigenvalue weighted by Gasteiger charge is 2.15. The summed E-state index contributed by atoms with van der Waals surface area (Å²) in [5, 5.41) is 2.44. The fraction of sp³-hybridized carbons (Fsp3) is 0. The Bertz CT molecular complexity index is 896. The van der Waals surface area contributed by atoms with Crippen molar-refractivity contribution in [1.82, 2.24) is 4.57 Å². The zero-order valence-corrected chi connectivity index (χ0v) is 13.4. The fourth-order valence-corrected chi connectivity index (χ4v) is 3.67. The summed E-state index contributed by atoms with van der Waals surface area (Å²) in [6, 6.07) is 22.9. The summed E-state index contributed by atoms with van der Waals surface area (Å²) in [6.07, 6.45) is 0. The molecule has 21 heavy (non-hydrogen) atoms. The van der Waals surface area contributed by atoms with Gasteiger partial charge in [-0.2, -0.15) is 0 Å². The smallest absolute Gasteiger partial charge is 0.0771 e. The summed E-state index contributed by atoms with van der Waals surface area (Å²) in [5.74, 6) is 0. The SMILES string of the molecule is Nc1cccc2c3cccc(I)c3n(-c3ccccc3)c12. The molecule has 0 radical (unpaired) electrons. The van der Waals surface area contributed by atoms with E-state index in [0.717, 1.165) is 16.9 Å². The third kappa shape index (κ3) is 1.84. The fourth-order valence-electron chi connectivity index (χ4n) is 2.94. The van der Waals surface area contributed by atoms with E-state index < -0.39 is 0 Å². The van der Waals surface area contributed by atoms with Gasteiger partial charge in [-0.05, 0) is 46.9 Å². The third-order valence-corrected chi connectivity index (χ3v) is 4.68. The topological polar surface area (TPSA) is 30.9 Å². The van der Waals surface area contributed by atoms with E-state index >= 15 is 0 Å². The molecule has 0 aliphatic carbocycles. The Morgan fingerprint density at radius 1 is 0.714 bits per heavy atom. The maximum atomic E-state index is 6.29. The molecular formula is C18H13IN2. The minimum absolute atomic E-state index is 0.809. The number of aromatic nitrogens is 1. The van der Waals surface area contributed by atoms with Gasteiger partial charge in [0.05, 0.1) is 16.7 Å². The molecule has 0 atom stereocenters. The molecule has 3 aromatic carbocycles. The van der Waals surface area contributed by atoms with Crippen molar-refractivity contribution >= 4 is 50.1 Å². The molecule has 0 saturated carbocycles. The van der Waals surface area contributed by atoms with E-state index in [2.05, 4.69) is 75.7 Å². The monoisotopic (exact) mass is 384 g/mol. The van der Waals surface area contributed by atoms with Crippen LogP contribution in [0, 0.1) is 3.57 Å². The van der Waals surface area contributed by atoms with Crippen molar-refractivity contribution in [2.45, 2.75) is 0 Å². The molecule has 0 unspecified atom stereocenters. The first-order valence-electron chi connectivity index (χ1n) is 6.80. The van der Waals surface area contributed by atoms with E-state index in [-0.39, 0.29) is 0 Å². The normalized spacial score (nSPS) is 11.3. The second kappa shape index (κ2) is 4.77.